The Kier molecular flexibility index (Phi) is 2.86. The second-order valence-corrected chi connectivity index (χ2v) is 4.20. The average Bonchev–Trinajstić information content (AvgIpc) is 2.22. The molecule has 1 aromatic heterocycles. The van der Waals surface area contributed by atoms with Crippen LogP contribution in [0.3, 0.4) is 0 Å². The molecule has 1 aromatic rings. The summed E-state index contributed by atoms with van der Waals surface area (Å²) in [6.45, 7) is 9.25. The Hall–Kier alpha value is -1.16. The molecule has 0 aromatic carbocycles. The van der Waals surface area contributed by atoms with E-state index in [9.17, 15) is 0 Å². The van der Waals surface area contributed by atoms with Crippen LogP contribution in [-0.2, 0) is 0 Å². The molecule has 1 aliphatic rings. The number of hydrogen-bond donors (Lipinski definition) is 1. The van der Waals surface area contributed by atoms with Crippen LogP contribution in [-0.4, -0.2) is 35.6 Å². The van der Waals surface area contributed by atoms with Crippen molar-refractivity contribution in [3.63, 3.8) is 0 Å². The van der Waals surface area contributed by atoms with E-state index in [4.69, 9.17) is 0 Å². The first-order chi connectivity index (χ1) is 7.16. The van der Waals surface area contributed by atoms with Crippen molar-refractivity contribution < 1.29 is 0 Å². The number of aromatic nitrogens is 2. The summed E-state index contributed by atoms with van der Waals surface area (Å²) in [4.78, 5) is 11.2. The molecule has 2 rings (SSSR count). The van der Waals surface area contributed by atoms with Crippen molar-refractivity contribution >= 4 is 5.82 Å². The van der Waals surface area contributed by atoms with E-state index < -0.39 is 0 Å². The number of anilines is 1. The van der Waals surface area contributed by atoms with Gasteiger partial charge < -0.3 is 10.2 Å². The lowest BCUT2D eigenvalue weighted by molar-refractivity contribution is 0.481. The summed E-state index contributed by atoms with van der Waals surface area (Å²) < 4.78 is 0. The van der Waals surface area contributed by atoms with Gasteiger partial charge in [0, 0.05) is 25.7 Å². The summed E-state index contributed by atoms with van der Waals surface area (Å²) in [5, 5.41) is 3.42. The Bertz CT molecular complexity index is 350. The highest BCUT2D eigenvalue weighted by Gasteiger charge is 2.17. The van der Waals surface area contributed by atoms with Gasteiger partial charge in [0.2, 0.25) is 0 Å². The van der Waals surface area contributed by atoms with Crippen molar-refractivity contribution in [1.29, 1.82) is 0 Å². The molecule has 1 unspecified atom stereocenters. The normalized spacial score (nSPS) is 21.8. The smallest absolute Gasteiger partial charge is 0.147 e. The number of nitrogens with zero attached hydrogens (tertiary/aromatic N) is 3. The zero-order valence-electron chi connectivity index (χ0n) is 9.62. The Morgan fingerprint density at radius 2 is 2.20 bits per heavy atom. The van der Waals surface area contributed by atoms with Gasteiger partial charge in [0.15, 0.2) is 0 Å². The molecular weight excluding hydrogens is 188 g/mol. The second kappa shape index (κ2) is 4.14. The third-order valence-corrected chi connectivity index (χ3v) is 2.87. The molecule has 4 nitrogen and oxygen atoms in total. The molecule has 0 amide bonds. The molecule has 0 bridgehead atoms. The number of nitrogens with one attached hydrogen (secondary N) is 1. The molecule has 0 spiro atoms. The van der Waals surface area contributed by atoms with Crippen LogP contribution in [0.2, 0.25) is 0 Å². The predicted molar refractivity (Wildman–Crippen MR) is 61.2 cm³/mol. The number of hydrogen-bond acceptors (Lipinski definition) is 4. The topological polar surface area (TPSA) is 41.1 Å². The van der Waals surface area contributed by atoms with Gasteiger partial charge in [0.1, 0.15) is 5.82 Å². The monoisotopic (exact) mass is 206 g/mol. The lowest BCUT2D eigenvalue weighted by atomic mass is 10.2. The van der Waals surface area contributed by atoms with Gasteiger partial charge in [-0.15, -0.1) is 0 Å². The molecule has 0 radical (unpaired) electrons. The molecule has 2 heterocycles. The van der Waals surface area contributed by atoms with Crippen LogP contribution in [0.25, 0.3) is 0 Å². The van der Waals surface area contributed by atoms with Crippen molar-refractivity contribution in [3.05, 3.63) is 17.6 Å². The molecule has 1 atom stereocenters. The molecule has 1 N–H and O–H groups in total. The van der Waals surface area contributed by atoms with E-state index in [1.54, 1.807) is 0 Å². The molecule has 1 aliphatic heterocycles. The van der Waals surface area contributed by atoms with E-state index in [1.807, 2.05) is 20.0 Å². The van der Waals surface area contributed by atoms with E-state index in [2.05, 4.69) is 27.1 Å². The van der Waals surface area contributed by atoms with Crippen LogP contribution < -0.4 is 10.2 Å². The summed E-state index contributed by atoms with van der Waals surface area (Å²) in [5.41, 5.74) is 2.04. The quantitative estimate of drug-likeness (QED) is 0.741. The minimum atomic E-state index is 0.530. The Morgan fingerprint density at radius 3 is 2.87 bits per heavy atom. The summed E-state index contributed by atoms with van der Waals surface area (Å²) in [5.74, 6) is 1.01. The first-order valence-electron chi connectivity index (χ1n) is 5.45. The van der Waals surface area contributed by atoms with Gasteiger partial charge in [0.05, 0.1) is 17.6 Å². The fraction of sp³-hybridized carbons (Fsp3) is 0.636. The van der Waals surface area contributed by atoms with Gasteiger partial charge in [-0.1, -0.05) is 0 Å². The van der Waals surface area contributed by atoms with Crippen LogP contribution in [0.4, 0.5) is 5.82 Å². The zero-order chi connectivity index (χ0) is 10.8. The minimum absolute atomic E-state index is 0.530. The van der Waals surface area contributed by atoms with E-state index >= 15 is 0 Å². The highest BCUT2D eigenvalue weighted by molar-refractivity contribution is 5.38. The van der Waals surface area contributed by atoms with Crippen LogP contribution in [0.15, 0.2) is 6.20 Å². The summed E-state index contributed by atoms with van der Waals surface area (Å²) >= 11 is 0. The highest BCUT2D eigenvalue weighted by Crippen LogP contribution is 2.13. The zero-order valence-corrected chi connectivity index (χ0v) is 9.62. The number of rotatable bonds is 1. The maximum absolute atomic E-state index is 4.57. The maximum atomic E-state index is 4.57. The fourth-order valence-electron chi connectivity index (χ4n) is 1.82. The third kappa shape index (κ3) is 2.26. The van der Waals surface area contributed by atoms with E-state index in [0.29, 0.717) is 6.04 Å². The van der Waals surface area contributed by atoms with Crippen LogP contribution in [0.5, 0.6) is 0 Å². The van der Waals surface area contributed by atoms with Crippen LogP contribution >= 0.6 is 0 Å². The summed E-state index contributed by atoms with van der Waals surface area (Å²) in [6.07, 6.45) is 1.88. The van der Waals surface area contributed by atoms with E-state index in [1.165, 1.54) is 0 Å². The summed E-state index contributed by atoms with van der Waals surface area (Å²) in [7, 11) is 0. The van der Waals surface area contributed by atoms with Gasteiger partial charge in [-0.2, -0.15) is 0 Å². The molecule has 0 aliphatic carbocycles. The van der Waals surface area contributed by atoms with Crippen molar-refractivity contribution in [1.82, 2.24) is 15.3 Å². The second-order valence-electron chi connectivity index (χ2n) is 4.20. The van der Waals surface area contributed by atoms with Crippen molar-refractivity contribution in [3.8, 4) is 0 Å². The minimum Gasteiger partial charge on any atom is -0.353 e. The standard InChI is InChI=1S/C11H18N4/c1-8-7-15(5-4-12-8)11-6-13-9(2)10(3)14-11/h6,8,12H,4-5,7H2,1-3H3. The Labute approximate surface area is 90.7 Å². The highest BCUT2D eigenvalue weighted by atomic mass is 15.2. The van der Waals surface area contributed by atoms with Crippen molar-refractivity contribution in [2.75, 3.05) is 24.5 Å². The fourth-order valence-corrected chi connectivity index (χ4v) is 1.82. The molecule has 82 valence electrons. The first-order valence-corrected chi connectivity index (χ1v) is 5.45. The van der Waals surface area contributed by atoms with E-state index in [-0.39, 0.29) is 0 Å². The molecule has 15 heavy (non-hydrogen) atoms. The Morgan fingerprint density at radius 1 is 1.40 bits per heavy atom. The Balaban J connectivity index is 2.18. The molecular formula is C11H18N4. The SMILES string of the molecule is Cc1ncc(N2CCNC(C)C2)nc1C. The van der Waals surface area contributed by atoms with Gasteiger partial charge in [-0.25, -0.2) is 4.98 Å². The number of piperazine rings is 1. The van der Waals surface area contributed by atoms with Gasteiger partial charge in [0.25, 0.3) is 0 Å². The molecule has 4 heteroatoms. The average molecular weight is 206 g/mol. The van der Waals surface area contributed by atoms with Gasteiger partial charge >= 0.3 is 0 Å². The lowest BCUT2D eigenvalue weighted by Gasteiger charge is -2.32. The maximum Gasteiger partial charge on any atom is 0.147 e. The first kappa shape index (κ1) is 10.4. The van der Waals surface area contributed by atoms with Crippen LogP contribution in [0, 0.1) is 13.8 Å². The molecule has 1 fully saturated rings. The predicted octanol–water partition coefficient (Wildman–Crippen LogP) is 0.892. The third-order valence-electron chi connectivity index (χ3n) is 2.87. The van der Waals surface area contributed by atoms with E-state index in [0.717, 1.165) is 36.8 Å². The summed E-state index contributed by atoms with van der Waals surface area (Å²) in [6, 6.07) is 0.530. The number of aryl methyl sites for hydroxylation is 2. The molecule has 1 saturated heterocycles. The molecule has 0 saturated carbocycles. The van der Waals surface area contributed by atoms with Gasteiger partial charge in [-0.05, 0) is 20.8 Å². The lowest BCUT2D eigenvalue weighted by Crippen LogP contribution is -2.49. The van der Waals surface area contributed by atoms with Crippen molar-refractivity contribution in [2.45, 2.75) is 26.8 Å². The largest absolute Gasteiger partial charge is 0.353 e. The van der Waals surface area contributed by atoms with Crippen LogP contribution in [0.1, 0.15) is 18.3 Å². The van der Waals surface area contributed by atoms with Crippen molar-refractivity contribution in [2.24, 2.45) is 0 Å². The van der Waals surface area contributed by atoms with Gasteiger partial charge in [-0.3, -0.25) is 4.98 Å².